The number of fused-ring (bicyclic) bond motifs is 1. The Kier molecular flexibility index (Phi) is 3.75. The van der Waals surface area contributed by atoms with E-state index in [1.54, 1.807) is 0 Å². The van der Waals surface area contributed by atoms with Gasteiger partial charge >= 0.3 is 0 Å². The van der Waals surface area contributed by atoms with Crippen LogP contribution in [0.25, 0.3) is 0 Å². The first-order valence-electron chi connectivity index (χ1n) is 6.59. The summed E-state index contributed by atoms with van der Waals surface area (Å²) in [5, 5.41) is 5.65. The molecule has 0 radical (unpaired) electrons. The van der Waals surface area contributed by atoms with Gasteiger partial charge in [0.2, 0.25) is 11.8 Å². The largest absolute Gasteiger partial charge is 0.326 e. The first-order valence-corrected chi connectivity index (χ1v) is 7.38. The van der Waals surface area contributed by atoms with E-state index in [9.17, 15) is 9.59 Å². The Hall–Kier alpha value is -2.14. The molecule has 21 heavy (non-hydrogen) atoms. The van der Waals surface area contributed by atoms with Crippen LogP contribution >= 0.6 is 15.9 Å². The molecular weight excluding hydrogens is 332 g/mol. The summed E-state index contributed by atoms with van der Waals surface area (Å²) in [7, 11) is 0. The Balaban J connectivity index is 1.84. The minimum atomic E-state index is -0.460. The molecule has 0 spiro atoms. The second-order valence-corrected chi connectivity index (χ2v) is 5.80. The predicted molar refractivity (Wildman–Crippen MR) is 85.2 cm³/mol. The molecule has 0 bridgehead atoms. The lowest BCUT2D eigenvalue weighted by Crippen LogP contribution is -2.30. The van der Waals surface area contributed by atoms with Crippen molar-refractivity contribution in [3.8, 4) is 0 Å². The van der Waals surface area contributed by atoms with Gasteiger partial charge in [-0.3, -0.25) is 9.59 Å². The highest BCUT2D eigenvalue weighted by atomic mass is 79.9. The number of rotatable bonds is 2. The summed E-state index contributed by atoms with van der Waals surface area (Å²) in [5.74, 6) is -0.761. The van der Waals surface area contributed by atoms with E-state index in [2.05, 4.69) is 26.6 Å². The van der Waals surface area contributed by atoms with Crippen LogP contribution < -0.4 is 10.6 Å². The molecule has 0 unspecified atom stereocenters. The zero-order chi connectivity index (χ0) is 14.8. The molecule has 2 aromatic carbocycles. The van der Waals surface area contributed by atoms with Crippen LogP contribution in [0.2, 0.25) is 0 Å². The standard InChI is InChI=1S/C16H13BrN2O2/c17-10-5-7-11(8-6-10)18-16(21)13-9-15(20)19-14-4-2-1-3-12(13)14/h1-8,13H,9H2,(H,18,21)(H,19,20)/t13-/m0/s1. The van der Waals surface area contributed by atoms with Crippen LogP contribution in [0.15, 0.2) is 53.0 Å². The summed E-state index contributed by atoms with van der Waals surface area (Å²) in [6.45, 7) is 0. The molecule has 2 N–H and O–H groups in total. The Labute approximate surface area is 130 Å². The lowest BCUT2D eigenvalue weighted by Gasteiger charge is -2.24. The predicted octanol–water partition coefficient (Wildman–Crippen LogP) is 3.51. The topological polar surface area (TPSA) is 58.2 Å². The Bertz CT molecular complexity index is 698. The number of hydrogen-bond acceptors (Lipinski definition) is 2. The lowest BCUT2D eigenvalue weighted by molar-refractivity contribution is -0.123. The molecule has 2 amide bonds. The van der Waals surface area contributed by atoms with Crippen molar-refractivity contribution in [2.75, 3.05) is 10.6 Å². The van der Waals surface area contributed by atoms with Crippen LogP contribution in [0, 0.1) is 0 Å². The number of benzene rings is 2. The van der Waals surface area contributed by atoms with Crippen molar-refractivity contribution < 1.29 is 9.59 Å². The van der Waals surface area contributed by atoms with E-state index in [1.165, 1.54) is 0 Å². The normalized spacial score (nSPS) is 16.8. The number of nitrogens with one attached hydrogen (secondary N) is 2. The van der Waals surface area contributed by atoms with E-state index < -0.39 is 5.92 Å². The number of hydrogen-bond donors (Lipinski definition) is 2. The molecule has 2 aromatic rings. The van der Waals surface area contributed by atoms with Gasteiger partial charge in [0, 0.05) is 22.3 Å². The van der Waals surface area contributed by atoms with Crippen molar-refractivity contribution in [2.24, 2.45) is 0 Å². The Morgan fingerprint density at radius 3 is 2.62 bits per heavy atom. The summed E-state index contributed by atoms with van der Waals surface area (Å²) in [6, 6.07) is 14.7. The van der Waals surface area contributed by atoms with E-state index in [1.807, 2.05) is 48.5 Å². The van der Waals surface area contributed by atoms with E-state index in [0.717, 1.165) is 10.0 Å². The lowest BCUT2D eigenvalue weighted by atomic mass is 9.90. The van der Waals surface area contributed by atoms with Gasteiger partial charge in [0.25, 0.3) is 0 Å². The minimum absolute atomic E-state index is 0.135. The van der Waals surface area contributed by atoms with Gasteiger partial charge < -0.3 is 10.6 Å². The van der Waals surface area contributed by atoms with Crippen molar-refractivity contribution in [1.82, 2.24) is 0 Å². The Morgan fingerprint density at radius 2 is 1.86 bits per heavy atom. The van der Waals surface area contributed by atoms with Crippen LogP contribution in [0.3, 0.4) is 0 Å². The molecule has 1 aliphatic heterocycles. The first kappa shape index (κ1) is 13.8. The van der Waals surface area contributed by atoms with Crippen molar-refractivity contribution >= 4 is 39.1 Å². The number of carbonyl (C=O) groups is 2. The Morgan fingerprint density at radius 1 is 1.14 bits per heavy atom. The molecule has 0 aliphatic carbocycles. The van der Waals surface area contributed by atoms with Crippen molar-refractivity contribution in [3.63, 3.8) is 0 Å². The molecule has 106 valence electrons. The van der Waals surface area contributed by atoms with Crippen LogP contribution in [0.5, 0.6) is 0 Å². The van der Waals surface area contributed by atoms with Gasteiger partial charge in [0.05, 0.1) is 5.92 Å². The number of amides is 2. The number of para-hydroxylation sites is 1. The van der Waals surface area contributed by atoms with Gasteiger partial charge in [0.1, 0.15) is 0 Å². The van der Waals surface area contributed by atoms with Crippen LogP contribution in [-0.4, -0.2) is 11.8 Å². The molecule has 0 saturated carbocycles. The third-order valence-electron chi connectivity index (χ3n) is 3.43. The molecular formula is C16H13BrN2O2. The number of carbonyl (C=O) groups excluding carboxylic acids is 2. The fourth-order valence-electron chi connectivity index (χ4n) is 2.41. The van der Waals surface area contributed by atoms with Crippen LogP contribution in [0.1, 0.15) is 17.9 Å². The van der Waals surface area contributed by atoms with Crippen molar-refractivity contribution in [3.05, 3.63) is 58.6 Å². The highest BCUT2D eigenvalue weighted by molar-refractivity contribution is 9.10. The average molecular weight is 345 g/mol. The highest BCUT2D eigenvalue weighted by Crippen LogP contribution is 2.32. The van der Waals surface area contributed by atoms with Gasteiger partial charge in [-0.25, -0.2) is 0 Å². The van der Waals surface area contributed by atoms with E-state index >= 15 is 0 Å². The fraction of sp³-hybridized carbons (Fsp3) is 0.125. The smallest absolute Gasteiger partial charge is 0.232 e. The zero-order valence-corrected chi connectivity index (χ0v) is 12.7. The summed E-state index contributed by atoms with van der Waals surface area (Å²) in [5.41, 5.74) is 2.28. The molecule has 1 aliphatic rings. The first-order chi connectivity index (χ1) is 10.1. The molecule has 0 aromatic heterocycles. The monoisotopic (exact) mass is 344 g/mol. The summed E-state index contributed by atoms with van der Waals surface area (Å²) >= 11 is 3.35. The second kappa shape index (κ2) is 5.69. The fourth-order valence-corrected chi connectivity index (χ4v) is 2.67. The molecule has 0 saturated heterocycles. The maximum Gasteiger partial charge on any atom is 0.232 e. The number of anilines is 2. The van der Waals surface area contributed by atoms with Crippen molar-refractivity contribution in [2.45, 2.75) is 12.3 Å². The zero-order valence-electron chi connectivity index (χ0n) is 11.1. The van der Waals surface area contributed by atoms with E-state index in [0.29, 0.717) is 11.4 Å². The molecule has 1 heterocycles. The quantitative estimate of drug-likeness (QED) is 0.875. The molecule has 3 rings (SSSR count). The van der Waals surface area contributed by atoms with Crippen LogP contribution in [0.4, 0.5) is 11.4 Å². The maximum absolute atomic E-state index is 12.5. The third-order valence-corrected chi connectivity index (χ3v) is 3.96. The SMILES string of the molecule is O=C1C[C@H](C(=O)Nc2ccc(Br)cc2)c2ccccc2N1. The van der Waals surface area contributed by atoms with Gasteiger partial charge in [-0.2, -0.15) is 0 Å². The van der Waals surface area contributed by atoms with Gasteiger partial charge in [0.15, 0.2) is 0 Å². The molecule has 1 atom stereocenters. The molecule has 5 heteroatoms. The minimum Gasteiger partial charge on any atom is -0.326 e. The number of halogens is 1. The summed E-state index contributed by atoms with van der Waals surface area (Å²) in [4.78, 5) is 24.2. The summed E-state index contributed by atoms with van der Waals surface area (Å²) < 4.78 is 0.947. The average Bonchev–Trinajstić information content (AvgIpc) is 2.48. The van der Waals surface area contributed by atoms with Crippen LogP contribution in [-0.2, 0) is 9.59 Å². The van der Waals surface area contributed by atoms with Gasteiger partial charge in [-0.15, -0.1) is 0 Å². The second-order valence-electron chi connectivity index (χ2n) is 4.89. The van der Waals surface area contributed by atoms with E-state index in [-0.39, 0.29) is 18.2 Å². The third kappa shape index (κ3) is 2.97. The van der Waals surface area contributed by atoms with Crippen molar-refractivity contribution in [1.29, 1.82) is 0 Å². The van der Waals surface area contributed by atoms with Gasteiger partial charge in [-0.05, 0) is 35.9 Å². The molecule has 4 nitrogen and oxygen atoms in total. The van der Waals surface area contributed by atoms with E-state index in [4.69, 9.17) is 0 Å². The highest BCUT2D eigenvalue weighted by Gasteiger charge is 2.30. The van der Waals surface area contributed by atoms with Gasteiger partial charge in [-0.1, -0.05) is 34.1 Å². The molecule has 0 fully saturated rings. The summed E-state index contributed by atoms with van der Waals surface area (Å²) in [6.07, 6.45) is 0.166. The maximum atomic E-state index is 12.5.